The van der Waals surface area contributed by atoms with E-state index in [1.54, 1.807) is 24.3 Å². The Morgan fingerprint density at radius 3 is 2.38 bits per heavy atom. The summed E-state index contributed by atoms with van der Waals surface area (Å²) in [5.41, 5.74) is 3.30. The number of aromatic nitrogens is 2. The molecule has 1 aromatic heterocycles. The summed E-state index contributed by atoms with van der Waals surface area (Å²) < 4.78 is 26.2. The molecule has 2 aromatic carbocycles. The van der Waals surface area contributed by atoms with Crippen LogP contribution in [-0.2, 0) is 27.5 Å². The van der Waals surface area contributed by atoms with Crippen LogP contribution < -0.4 is 10.2 Å². The number of sulfone groups is 1. The van der Waals surface area contributed by atoms with Crippen LogP contribution in [0.15, 0.2) is 59.5 Å². The van der Waals surface area contributed by atoms with Crippen molar-refractivity contribution < 1.29 is 18.3 Å². The molecule has 4 heterocycles. The zero-order chi connectivity index (χ0) is 25.6. The number of hydrogen-bond acceptors (Lipinski definition) is 7. The third kappa shape index (κ3) is 4.68. The smallest absolute Gasteiger partial charge is 0.307 e. The van der Waals surface area contributed by atoms with Gasteiger partial charge in [0.25, 0.3) is 0 Å². The average Bonchev–Trinajstić information content (AvgIpc) is 3.14. The maximum Gasteiger partial charge on any atom is 0.307 e. The van der Waals surface area contributed by atoms with Crippen LogP contribution in [0.2, 0.25) is 0 Å². The van der Waals surface area contributed by atoms with E-state index in [0.717, 1.165) is 25.7 Å². The molecule has 0 radical (unpaired) electrons. The first kappa shape index (κ1) is 23.9. The summed E-state index contributed by atoms with van der Waals surface area (Å²) in [6.07, 6.45) is 5.33. The molecule has 3 aromatic rings. The fourth-order valence-corrected chi connectivity index (χ4v) is 7.86. The van der Waals surface area contributed by atoms with Gasteiger partial charge in [0, 0.05) is 17.8 Å². The maximum absolute atomic E-state index is 13.1. The van der Waals surface area contributed by atoms with Crippen molar-refractivity contribution in [1.82, 2.24) is 9.97 Å². The Balaban J connectivity index is 1.34. The summed E-state index contributed by atoms with van der Waals surface area (Å²) in [6.45, 7) is 0. The Morgan fingerprint density at radius 1 is 1.00 bits per heavy atom. The Kier molecular flexibility index (Phi) is 6.10. The number of nitrogens with one attached hydrogen (secondary N) is 1. The predicted octanol–water partition coefficient (Wildman–Crippen LogP) is 4.48. The quantitative estimate of drug-likeness (QED) is 0.491. The van der Waals surface area contributed by atoms with E-state index in [1.807, 2.05) is 0 Å². The van der Waals surface area contributed by atoms with Crippen LogP contribution >= 0.6 is 0 Å². The third-order valence-corrected chi connectivity index (χ3v) is 9.75. The second-order valence-electron chi connectivity index (χ2n) is 10.3. The van der Waals surface area contributed by atoms with Crippen LogP contribution in [-0.4, -0.2) is 47.3 Å². The predicted molar refractivity (Wildman–Crippen MR) is 141 cm³/mol. The molecule has 3 aliphatic heterocycles. The van der Waals surface area contributed by atoms with Crippen molar-refractivity contribution in [2.45, 2.75) is 67.8 Å². The van der Waals surface area contributed by atoms with Crippen molar-refractivity contribution in [3.05, 3.63) is 71.4 Å². The van der Waals surface area contributed by atoms with E-state index < -0.39 is 15.8 Å². The number of rotatable bonds is 6. The Bertz CT molecular complexity index is 1410. The molecule has 3 aliphatic rings. The molecule has 2 N–H and O–H groups in total. The molecule has 8 nitrogen and oxygen atoms in total. The van der Waals surface area contributed by atoms with E-state index in [-0.39, 0.29) is 17.1 Å². The lowest BCUT2D eigenvalue weighted by molar-refractivity contribution is -0.136. The Labute approximate surface area is 216 Å². The number of aryl methyl sites for hydroxylation is 1. The second kappa shape index (κ2) is 9.45. The summed E-state index contributed by atoms with van der Waals surface area (Å²) in [5.74, 6) is 0.625. The highest BCUT2D eigenvalue weighted by molar-refractivity contribution is 7.91. The van der Waals surface area contributed by atoms with Gasteiger partial charge >= 0.3 is 5.97 Å². The minimum Gasteiger partial charge on any atom is -0.481 e. The van der Waals surface area contributed by atoms with Gasteiger partial charge in [0.1, 0.15) is 4.90 Å². The van der Waals surface area contributed by atoms with E-state index >= 15 is 0 Å². The lowest BCUT2D eigenvalue weighted by Crippen LogP contribution is -2.43. The zero-order valence-electron chi connectivity index (χ0n) is 20.5. The minimum absolute atomic E-state index is 0.0660. The molecule has 6 rings (SSSR count). The highest BCUT2D eigenvalue weighted by Gasteiger charge is 2.43. The van der Waals surface area contributed by atoms with Gasteiger partial charge in [0.05, 0.1) is 17.9 Å². The highest BCUT2D eigenvalue weighted by atomic mass is 32.2. The maximum atomic E-state index is 13.1. The molecule has 2 saturated heterocycles. The van der Waals surface area contributed by atoms with E-state index in [4.69, 9.17) is 15.1 Å². The van der Waals surface area contributed by atoms with Crippen LogP contribution in [0.5, 0.6) is 0 Å². The van der Waals surface area contributed by atoms with Gasteiger partial charge in [-0.2, -0.15) is 4.98 Å². The standard InChI is InChI=1S/C28H30N4O4S/c33-25(34)15-18-8-10-21(11-9-18)29-27-26-24(7-4-14-37(26,35)36)30-28(31-27)32-22-12-13-23(32)17-20(16-22)19-5-2-1-3-6-19/h1-3,5-6,8-11,20,22-23H,4,7,12-17H2,(H,33,34)(H,29,30,31). The molecule has 0 amide bonds. The molecular formula is C28H30N4O4S. The van der Waals surface area contributed by atoms with Crippen LogP contribution in [0.1, 0.15) is 54.8 Å². The molecule has 2 fully saturated rings. The number of aliphatic carboxylic acids is 1. The number of carboxylic acids is 1. The van der Waals surface area contributed by atoms with Crippen LogP contribution in [0.4, 0.5) is 17.5 Å². The van der Waals surface area contributed by atoms with Gasteiger partial charge in [0.2, 0.25) is 5.95 Å². The SMILES string of the molecule is O=C(O)Cc1ccc(Nc2nc(N3C4CCC3CC(c3ccccc3)C4)nc3c2S(=O)(=O)CCC3)cc1. The van der Waals surface area contributed by atoms with Crippen LogP contribution in [0, 0.1) is 0 Å². The Hall–Kier alpha value is -3.46. The minimum atomic E-state index is -3.50. The van der Waals surface area contributed by atoms with Crippen LogP contribution in [0.25, 0.3) is 0 Å². The first-order chi connectivity index (χ1) is 17.9. The van der Waals surface area contributed by atoms with Gasteiger partial charge in [-0.05, 0) is 67.7 Å². The first-order valence-corrected chi connectivity index (χ1v) is 14.6. The van der Waals surface area contributed by atoms with Gasteiger partial charge in [-0.1, -0.05) is 42.5 Å². The summed E-state index contributed by atoms with van der Waals surface area (Å²) in [7, 11) is -3.50. The van der Waals surface area contributed by atoms with Crippen molar-refractivity contribution in [2.24, 2.45) is 0 Å². The van der Waals surface area contributed by atoms with E-state index in [1.165, 1.54) is 5.56 Å². The summed E-state index contributed by atoms with van der Waals surface area (Å²) >= 11 is 0. The second-order valence-corrected chi connectivity index (χ2v) is 12.4. The lowest BCUT2D eigenvalue weighted by Gasteiger charge is -2.39. The molecule has 37 heavy (non-hydrogen) atoms. The van der Waals surface area contributed by atoms with E-state index in [2.05, 4.69) is 40.5 Å². The highest BCUT2D eigenvalue weighted by Crippen LogP contribution is 2.45. The third-order valence-electron chi connectivity index (χ3n) is 7.87. The number of anilines is 3. The van der Waals surface area contributed by atoms with Crippen molar-refractivity contribution in [3.63, 3.8) is 0 Å². The Morgan fingerprint density at radius 2 is 1.70 bits per heavy atom. The number of carboxylic acid groups (broad SMARTS) is 1. The number of benzene rings is 2. The lowest BCUT2D eigenvalue weighted by atomic mass is 9.85. The molecule has 2 bridgehead atoms. The fraction of sp³-hybridized carbons (Fsp3) is 0.393. The molecule has 192 valence electrons. The van der Waals surface area contributed by atoms with E-state index in [0.29, 0.717) is 59.6 Å². The largest absolute Gasteiger partial charge is 0.481 e. The topological polar surface area (TPSA) is 112 Å². The number of hydrogen-bond donors (Lipinski definition) is 2. The van der Waals surface area contributed by atoms with Crippen molar-refractivity contribution in [2.75, 3.05) is 16.0 Å². The normalized spacial score (nSPS) is 23.9. The summed E-state index contributed by atoms with van der Waals surface area (Å²) in [6, 6.07) is 18.3. The van der Waals surface area contributed by atoms with Gasteiger partial charge < -0.3 is 15.3 Å². The van der Waals surface area contributed by atoms with Crippen molar-refractivity contribution >= 4 is 33.3 Å². The van der Waals surface area contributed by atoms with Crippen molar-refractivity contribution in [1.29, 1.82) is 0 Å². The van der Waals surface area contributed by atoms with Gasteiger partial charge in [-0.3, -0.25) is 4.79 Å². The number of piperidine rings is 1. The molecule has 0 aliphatic carbocycles. The molecule has 2 unspecified atom stereocenters. The van der Waals surface area contributed by atoms with Gasteiger partial charge in [-0.15, -0.1) is 0 Å². The molecular weight excluding hydrogens is 488 g/mol. The zero-order valence-corrected chi connectivity index (χ0v) is 21.3. The molecule has 0 spiro atoms. The molecule has 2 atom stereocenters. The first-order valence-electron chi connectivity index (χ1n) is 12.9. The molecule has 9 heteroatoms. The monoisotopic (exact) mass is 518 g/mol. The number of nitrogens with zero attached hydrogens (tertiary/aromatic N) is 3. The van der Waals surface area contributed by atoms with Gasteiger partial charge in [0.15, 0.2) is 15.7 Å². The van der Waals surface area contributed by atoms with Crippen molar-refractivity contribution in [3.8, 4) is 0 Å². The number of carbonyl (C=O) groups is 1. The number of fused-ring (bicyclic) bond motifs is 3. The van der Waals surface area contributed by atoms with E-state index in [9.17, 15) is 13.2 Å². The molecule has 0 saturated carbocycles. The average molecular weight is 519 g/mol. The van der Waals surface area contributed by atoms with Crippen LogP contribution in [0.3, 0.4) is 0 Å². The summed E-state index contributed by atoms with van der Waals surface area (Å²) in [4.78, 5) is 23.2. The summed E-state index contributed by atoms with van der Waals surface area (Å²) in [5, 5.41) is 12.3. The fourth-order valence-electron chi connectivity index (χ4n) is 6.23. The van der Waals surface area contributed by atoms with Gasteiger partial charge in [-0.25, -0.2) is 13.4 Å².